The van der Waals surface area contributed by atoms with E-state index in [-0.39, 0.29) is 23.1 Å². The number of thioether (sulfide) groups is 1. The largest absolute Gasteiger partial charge is 0.361 e. The number of Topliss-reactive ketones (excluding diaryl/α,β-unsaturated/α-hetero) is 1. The molecule has 1 aliphatic rings. The van der Waals surface area contributed by atoms with E-state index in [0.717, 1.165) is 27.8 Å². The summed E-state index contributed by atoms with van der Waals surface area (Å²) in [6, 6.07) is 38.2. The molecule has 6 nitrogen and oxygen atoms in total. The highest BCUT2D eigenvalue weighted by atomic mass is 32.2. The van der Waals surface area contributed by atoms with E-state index in [2.05, 4.69) is 27.8 Å². The van der Waals surface area contributed by atoms with Crippen molar-refractivity contribution in [3.63, 3.8) is 0 Å². The fourth-order valence-corrected chi connectivity index (χ4v) is 6.57. The smallest absolute Gasteiger partial charge is 0.272 e. The molecule has 0 radical (unpaired) electrons. The van der Waals surface area contributed by atoms with Crippen molar-refractivity contribution in [3.05, 3.63) is 161 Å². The molecular formula is C39H29N3O3S. The van der Waals surface area contributed by atoms with Gasteiger partial charge in [-0.15, -0.1) is 11.8 Å². The predicted octanol–water partition coefficient (Wildman–Crippen LogP) is 8.12. The summed E-state index contributed by atoms with van der Waals surface area (Å²) < 4.78 is 0. The van der Waals surface area contributed by atoms with Crippen LogP contribution < -0.4 is 10.6 Å². The number of carbonyl (C=O) groups excluding carboxylic acids is 3. The highest BCUT2D eigenvalue weighted by Gasteiger charge is 2.20. The summed E-state index contributed by atoms with van der Waals surface area (Å²) in [5.41, 5.74) is 8.39. The zero-order valence-corrected chi connectivity index (χ0v) is 25.6. The molecule has 0 saturated heterocycles. The molecule has 1 aromatic heterocycles. The van der Waals surface area contributed by atoms with Crippen molar-refractivity contribution >= 4 is 52.0 Å². The molecule has 0 saturated carbocycles. The zero-order chi connectivity index (χ0) is 31.5. The maximum absolute atomic E-state index is 13.6. The summed E-state index contributed by atoms with van der Waals surface area (Å²) in [6.45, 7) is 0. The van der Waals surface area contributed by atoms with Gasteiger partial charge in [-0.2, -0.15) is 0 Å². The number of para-hydroxylation sites is 1. The van der Waals surface area contributed by atoms with Gasteiger partial charge in [-0.1, -0.05) is 78.9 Å². The minimum absolute atomic E-state index is 0.0470. The van der Waals surface area contributed by atoms with Gasteiger partial charge in [0.2, 0.25) is 0 Å². The van der Waals surface area contributed by atoms with E-state index in [1.807, 2.05) is 78.9 Å². The number of anilines is 1. The number of aromatic nitrogens is 1. The standard InChI is InChI=1S/C39H29N3O3S/c43-37(27-17-18-33-28(20-27)19-26-11-4-5-14-32(26)33)24-46-31-13-8-12-30(22-31)41-39(45)36(42-38(44)25-9-2-1-3-10-25)21-29-23-40-35-16-7-6-15-34(29)35/h1-18,20-23,40H,19,24H2,(H,41,45)(H,42,44)/b36-21-. The topological polar surface area (TPSA) is 91.1 Å². The first-order valence-corrected chi connectivity index (χ1v) is 15.9. The lowest BCUT2D eigenvalue weighted by Crippen LogP contribution is -2.30. The number of rotatable bonds is 9. The summed E-state index contributed by atoms with van der Waals surface area (Å²) in [5.74, 6) is -0.542. The first kappa shape index (κ1) is 29.1. The molecule has 0 spiro atoms. The van der Waals surface area contributed by atoms with Crippen molar-refractivity contribution in [1.82, 2.24) is 10.3 Å². The van der Waals surface area contributed by atoms with E-state index in [9.17, 15) is 14.4 Å². The second-order valence-corrected chi connectivity index (χ2v) is 12.1. The van der Waals surface area contributed by atoms with Crippen molar-refractivity contribution < 1.29 is 14.4 Å². The number of benzene rings is 5. The molecule has 2 amide bonds. The fraction of sp³-hybridized carbons (Fsp3) is 0.0513. The maximum atomic E-state index is 13.6. The second kappa shape index (κ2) is 12.8. The summed E-state index contributed by atoms with van der Waals surface area (Å²) in [5, 5.41) is 6.65. The van der Waals surface area contributed by atoms with Gasteiger partial charge in [-0.05, 0) is 77.2 Å². The Kier molecular flexibility index (Phi) is 8.06. The predicted molar refractivity (Wildman–Crippen MR) is 185 cm³/mol. The lowest BCUT2D eigenvalue weighted by molar-refractivity contribution is -0.113. The Balaban J connectivity index is 1.06. The lowest BCUT2D eigenvalue weighted by atomic mass is 10.0. The molecule has 0 bridgehead atoms. The van der Waals surface area contributed by atoms with E-state index >= 15 is 0 Å². The number of carbonyl (C=O) groups is 3. The third-order valence-electron chi connectivity index (χ3n) is 8.03. The molecule has 5 aromatic carbocycles. The Morgan fingerprint density at radius 3 is 2.41 bits per heavy atom. The van der Waals surface area contributed by atoms with Crippen LogP contribution in [0.2, 0.25) is 0 Å². The molecule has 3 N–H and O–H groups in total. The Labute approximate surface area is 270 Å². The summed E-state index contributed by atoms with van der Waals surface area (Å²) in [7, 11) is 0. The zero-order valence-electron chi connectivity index (χ0n) is 24.7. The van der Waals surface area contributed by atoms with Crippen LogP contribution in [0.15, 0.2) is 138 Å². The van der Waals surface area contributed by atoms with Crippen LogP contribution >= 0.6 is 11.8 Å². The number of hydrogen-bond donors (Lipinski definition) is 3. The van der Waals surface area contributed by atoms with E-state index in [0.29, 0.717) is 16.8 Å². The molecule has 1 heterocycles. The third kappa shape index (κ3) is 6.14. The van der Waals surface area contributed by atoms with Crippen molar-refractivity contribution in [1.29, 1.82) is 0 Å². The molecule has 0 fully saturated rings. The number of hydrogen-bond acceptors (Lipinski definition) is 4. The number of nitrogens with one attached hydrogen (secondary N) is 3. The van der Waals surface area contributed by atoms with E-state index in [4.69, 9.17) is 0 Å². The first-order valence-electron chi connectivity index (χ1n) is 14.9. The summed E-state index contributed by atoms with van der Waals surface area (Å²) in [4.78, 5) is 43.9. The summed E-state index contributed by atoms with van der Waals surface area (Å²) >= 11 is 1.42. The highest BCUT2D eigenvalue weighted by molar-refractivity contribution is 8.00. The van der Waals surface area contributed by atoms with Crippen LogP contribution in [-0.2, 0) is 11.2 Å². The van der Waals surface area contributed by atoms with Gasteiger partial charge in [0.15, 0.2) is 5.78 Å². The summed E-state index contributed by atoms with van der Waals surface area (Å²) in [6.07, 6.45) is 4.31. The van der Waals surface area contributed by atoms with Crippen LogP contribution in [0.4, 0.5) is 5.69 Å². The monoisotopic (exact) mass is 619 g/mol. The minimum atomic E-state index is -0.466. The normalized spacial score (nSPS) is 12.0. The molecule has 224 valence electrons. The van der Waals surface area contributed by atoms with Gasteiger partial charge in [0.05, 0.1) is 5.75 Å². The van der Waals surface area contributed by atoms with Crippen LogP contribution in [0.1, 0.15) is 37.4 Å². The molecule has 46 heavy (non-hydrogen) atoms. The molecule has 0 aliphatic heterocycles. The number of amides is 2. The van der Waals surface area contributed by atoms with Gasteiger partial charge in [-0.25, -0.2) is 0 Å². The van der Waals surface area contributed by atoms with Gasteiger partial charge in [-0.3, -0.25) is 14.4 Å². The maximum Gasteiger partial charge on any atom is 0.272 e. The van der Waals surface area contributed by atoms with Crippen LogP contribution in [-0.4, -0.2) is 28.3 Å². The molecule has 0 unspecified atom stereocenters. The first-order chi connectivity index (χ1) is 22.5. The number of ketones is 1. The Hall–Kier alpha value is -5.66. The lowest BCUT2D eigenvalue weighted by Gasteiger charge is -2.12. The minimum Gasteiger partial charge on any atom is -0.361 e. The van der Waals surface area contributed by atoms with E-state index in [1.54, 1.807) is 42.6 Å². The Bertz CT molecular complexity index is 2150. The van der Waals surface area contributed by atoms with Crippen LogP contribution in [0.5, 0.6) is 0 Å². The van der Waals surface area contributed by atoms with Gasteiger partial charge in [0.1, 0.15) is 5.70 Å². The van der Waals surface area contributed by atoms with Gasteiger partial charge in [0.25, 0.3) is 11.8 Å². The van der Waals surface area contributed by atoms with Gasteiger partial charge >= 0.3 is 0 Å². The van der Waals surface area contributed by atoms with Crippen molar-refractivity contribution in [3.8, 4) is 11.1 Å². The number of aromatic amines is 1. The molecule has 7 heteroatoms. The average molecular weight is 620 g/mol. The number of H-pyrrole nitrogens is 1. The highest BCUT2D eigenvalue weighted by Crippen LogP contribution is 2.37. The molecular weight excluding hydrogens is 591 g/mol. The van der Waals surface area contributed by atoms with Crippen LogP contribution in [0.3, 0.4) is 0 Å². The van der Waals surface area contributed by atoms with E-state index < -0.39 is 5.91 Å². The fourth-order valence-electron chi connectivity index (χ4n) is 5.72. The van der Waals surface area contributed by atoms with Crippen molar-refractivity contribution in [2.24, 2.45) is 0 Å². The average Bonchev–Trinajstić information content (AvgIpc) is 3.68. The number of fused-ring (bicyclic) bond motifs is 4. The SMILES string of the molecule is O=C(Nc1cccc(SCC(=O)c2ccc3c(c2)Cc2ccccc2-3)c1)/C(=C/c1c[nH]c2ccccc12)NC(=O)c1ccccc1. The van der Waals surface area contributed by atoms with E-state index in [1.165, 1.54) is 34.0 Å². The van der Waals surface area contributed by atoms with Crippen molar-refractivity contribution in [2.45, 2.75) is 11.3 Å². The Morgan fingerprint density at radius 1 is 0.739 bits per heavy atom. The third-order valence-corrected chi connectivity index (χ3v) is 9.02. The molecule has 6 aromatic rings. The quantitative estimate of drug-likeness (QED) is 0.0865. The van der Waals surface area contributed by atoms with Crippen molar-refractivity contribution in [2.75, 3.05) is 11.1 Å². The molecule has 0 atom stereocenters. The molecule has 1 aliphatic carbocycles. The van der Waals surface area contributed by atoms with Crippen LogP contribution in [0, 0.1) is 0 Å². The van der Waals surface area contributed by atoms with Crippen LogP contribution in [0.25, 0.3) is 28.1 Å². The Morgan fingerprint density at radius 2 is 1.52 bits per heavy atom. The van der Waals surface area contributed by atoms with Gasteiger partial charge in [0, 0.05) is 44.4 Å². The second-order valence-electron chi connectivity index (χ2n) is 11.1. The molecule has 7 rings (SSSR count). The van der Waals surface area contributed by atoms with Gasteiger partial charge < -0.3 is 15.6 Å².